The maximum absolute atomic E-state index is 13.3. The van der Waals surface area contributed by atoms with Gasteiger partial charge in [0.25, 0.3) is 0 Å². The monoisotopic (exact) mass is 391 g/mol. The molecule has 1 amide bonds. The van der Waals surface area contributed by atoms with Crippen molar-refractivity contribution < 1.29 is 18.1 Å². The Morgan fingerprint density at radius 1 is 1.07 bits per heavy atom. The number of nitrogens with one attached hydrogen (secondary N) is 1. The predicted octanol–water partition coefficient (Wildman–Crippen LogP) is 4.61. The SMILES string of the molecule is CS(=O)c1ccc([C@H](CCNC(=O)OC(C)(C)C)c2ccc(F)cc2)cc1. The topological polar surface area (TPSA) is 55.4 Å². The van der Waals surface area contributed by atoms with E-state index in [9.17, 15) is 13.4 Å². The summed E-state index contributed by atoms with van der Waals surface area (Å²) in [5.41, 5.74) is 1.42. The highest BCUT2D eigenvalue weighted by Gasteiger charge is 2.18. The molecule has 0 radical (unpaired) electrons. The number of amides is 1. The summed E-state index contributed by atoms with van der Waals surface area (Å²) in [6, 6.07) is 13.9. The molecule has 1 unspecified atom stereocenters. The molecule has 0 aliphatic carbocycles. The van der Waals surface area contributed by atoms with Gasteiger partial charge in [-0.3, -0.25) is 4.21 Å². The van der Waals surface area contributed by atoms with Crippen molar-refractivity contribution in [3.05, 3.63) is 65.5 Å². The van der Waals surface area contributed by atoms with Crippen LogP contribution in [-0.2, 0) is 15.5 Å². The van der Waals surface area contributed by atoms with Crippen LogP contribution in [0.4, 0.5) is 9.18 Å². The van der Waals surface area contributed by atoms with Crippen molar-refractivity contribution in [2.75, 3.05) is 12.8 Å². The van der Waals surface area contributed by atoms with Gasteiger partial charge in [0.05, 0.1) is 0 Å². The number of halogens is 1. The third kappa shape index (κ3) is 6.79. The Kier molecular flexibility index (Phi) is 7.13. The molecular weight excluding hydrogens is 365 g/mol. The van der Waals surface area contributed by atoms with Gasteiger partial charge in [0, 0.05) is 34.4 Å². The number of carbonyl (C=O) groups excluding carboxylic acids is 1. The summed E-state index contributed by atoms with van der Waals surface area (Å²) < 4.78 is 30.2. The molecule has 2 rings (SSSR count). The average molecular weight is 392 g/mol. The van der Waals surface area contributed by atoms with E-state index in [1.54, 1.807) is 18.4 Å². The summed E-state index contributed by atoms with van der Waals surface area (Å²) in [7, 11) is -1.04. The number of alkyl carbamates (subject to hydrolysis) is 1. The van der Waals surface area contributed by atoms with E-state index in [1.165, 1.54) is 12.1 Å². The summed E-state index contributed by atoms with van der Waals surface area (Å²) in [5, 5.41) is 2.77. The second-order valence-corrected chi connectivity index (χ2v) is 8.72. The number of rotatable bonds is 6. The van der Waals surface area contributed by atoms with Crippen molar-refractivity contribution in [3.8, 4) is 0 Å². The Balaban J connectivity index is 2.14. The zero-order valence-corrected chi connectivity index (χ0v) is 16.9. The van der Waals surface area contributed by atoms with Crippen molar-refractivity contribution in [3.63, 3.8) is 0 Å². The molecule has 6 heteroatoms. The largest absolute Gasteiger partial charge is 0.444 e. The lowest BCUT2D eigenvalue weighted by Gasteiger charge is -2.21. The average Bonchev–Trinajstić information content (AvgIpc) is 2.58. The van der Waals surface area contributed by atoms with Gasteiger partial charge in [0.2, 0.25) is 0 Å². The fourth-order valence-corrected chi connectivity index (χ4v) is 3.26. The highest BCUT2D eigenvalue weighted by molar-refractivity contribution is 7.84. The number of hydrogen-bond donors (Lipinski definition) is 1. The maximum Gasteiger partial charge on any atom is 0.407 e. The molecule has 1 N–H and O–H groups in total. The lowest BCUT2D eigenvalue weighted by atomic mass is 9.88. The lowest BCUT2D eigenvalue weighted by molar-refractivity contribution is 0.0526. The van der Waals surface area contributed by atoms with Gasteiger partial charge >= 0.3 is 6.09 Å². The van der Waals surface area contributed by atoms with Crippen LogP contribution in [0.3, 0.4) is 0 Å². The van der Waals surface area contributed by atoms with Crippen LogP contribution in [0.5, 0.6) is 0 Å². The molecule has 27 heavy (non-hydrogen) atoms. The molecule has 2 atom stereocenters. The molecule has 0 aromatic heterocycles. The van der Waals surface area contributed by atoms with Crippen LogP contribution in [0, 0.1) is 5.82 Å². The van der Waals surface area contributed by atoms with E-state index < -0.39 is 22.5 Å². The lowest BCUT2D eigenvalue weighted by Crippen LogP contribution is -2.33. The molecule has 2 aromatic rings. The first-order chi connectivity index (χ1) is 12.7. The van der Waals surface area contributed by atoms with Crippen LogP contribution in [0.25, 0.3) is 0 Å². The molecule has 146 valence electrons. The fraction of sp³-hybridized carbons (Fsp3) is 0.381. The smallest absolute Gasteiger partial charge is 0.407 e. The van der Waals surface area contributed by atoms with E-state index in [2.05, 4.69) is 5.32 Å². The first-order valence-corrected chi connectivity index (χ1v) is 10.4. The number of ether oxygens (including phenoxy) is 1. The van der Waals surface area contributed by atoms with Crippen molar-refractivity contribution in [2.45, 2.75) is 43.6 Å². The van der Waals surface area contributed by atoms with Crippen LogP contribution in [0.1, 0.15) is 44.2 Å². The first kappa shape index (κ1) is 21.1. The zero-order chi connectivity index (χ0) is 20.0. The number of carbonyl (C=O) groups is 1. The minimum atomic E-state index is -1.04. The molecule has 0 heterocycles. The summed E-state index contributed by atoms with van der Waals surface area (Å²) in [4.78, 5) is 12.6. The van der Waals surface area contributed by atoms with E-state index in [4.69, 9.17) is 4.74 Å². The van der Waals surface area contributed by atoms with Crippen molar-refractivity contribution in [2.24, 2.45) is 0 Å². The maximum atomic E-state index is 13.3. The van der Waals surface area contributed by atoms with Gasteiger partial charge in [-0.2, -0.15) is 0 Å². The molecule has 0 saturated heterocycles. The normalized spacial score (nSPS) is 13.7. The Bertz CT molecular complexity index is 783. The van der Waals surface area contributed by atoms with Crippen LogP contribution < -0.4 is 5.32 Å². The van der Waals surface area contributed by atoms with Crippen molar-refractivity contribution in [1.82, 2.24) is 5.32 Å². The van der Waals surface area contributed by atoms with E-state index in [0.717, 1.165) is 16.0 Å². The molecule has 0 bridgehead atoms. The van der Waals surface area contributed by atoms with Crippen molar-refractivity contribution in [1.29, 1.82) is 0 Å². The summed E-state index contributed by atoms with van der Waals surface area (Å²) >= 11 is 0. The van der Waals surface area contributed by atoms with E-state index in [-0.39, 0.29) is 11.7 Å². The summed E-state index contributed by atoms with van der Waals surface area (Å²) in [6.45, 7) is 5.85. The second-order valence-electron chi connectivity index (χ2n) is 7.34. The number of benzene rings is 2. The number of hydrogen-bond acceptors (Lipinski definition) is 3. The van der Waals surface area contributed by atoms with E-state index >= 15 is 0 Å². The van der Waals surface area contributed by atoms with Gasteiger partial charge in [0.15, 0.2) is 0 Å². The fourth-order valence-electron chi connectivity index (χ4n) is 2.75. The molecular formula is C21H26FNO3S. The Morgan fingerprint density at radius 3 is 2.07 bits per heavy atom. The molecule has 0 fully saturated rings. The van der Waals surface area contributed by atoms with Gasteiger partial charge in [-0.1, -0.05) is 24.3 Å². The zero-order valence-electron chi connectivity index (χ0n) is 16.1. The van der Waals surface area contributed by atoms with Gasteiger partial charge in [0.1, 0.15) is 11.4 Å². The van der Waals surface area contributed by atoms with E-state index in [1.807, 2.05) is 45.0 Å². The first-order valence-electron chi connectivity index (χ1n) is 8.81. The van der Waals surface area contributed by atoms with Crippen LogP contribution in [-0.4, -0.2) is 28.7 Å². The standard InChI is InChI=1S/C21H26FNO3S/c1-21(2,3)26-20(24)23-14-13-19(15-5-9-17(22)10-6-15)16-7-11-18(12-8-16)27(4)25/h5-12,19H,13-14H2,1-4H3,(H,23,24)/t19-,27?/m1/s1. The van der Waals surface area contributed by atoms with Crippen LogP contribution in [0.15, 0.2) is 53.4 Å². The predicted molar refractivity (Wildman–Crippen MR) is 106 cm³/mol. The highest BCUT2D eigenvalue weighted by atomic mass is 32.2. The molecule has 0 spiro atoms. The molecule has 0 saturated carbocycles. The molecule has 0 aliphatic rings. The van der Waals surface area contributed by atoms with Crippen LogP contribution in [0.2, 0.25) is 0 Å². The van der Waals surface area contributed by atoms with Gasteiger partial charge < -0.3 is 10.1 Å². The minimum Gasteiger partial charge on any atom is -0.444 e. The third-order valence-corrected chi connectivity index (χ3v) is 4.92. The quantitative estimate of drug-likeness (QED) is 0.782. The molecule has 0 aliphatic heterocycles. The minimum absolute atomic E-state index is 0.0279. The van der Waals surface area contributed by atoms with Gasteiger partial charge in [-0.05, 0) is 62.6 Å². The third-order valence-electron chi connectivity index (χ3n) is 3.99. The molecule has 4 nitrogen and oxygen atoms in total. The van der Waals surface area contributed by atoms with Gasteiger partial charge in [-0.15, -0.1) is 0 Å². The Labute approximate surface area is 162 Å². The Morgan fingerprint density at radius 2 is 1.59 bits per heavy atom. The highest BCUT2D eigenvalue weighted by Crippen LogP contribution is 2.28. The summed E-state index contributed by atoms with van der Waals surface area (Å²) in [5.74, 6) is -0.319. The summed E-state index contributed by atoms with van der Waals surface area (Å²) in [6.07, 6.45) is 1.80. The van der Waals surface area contributed by atoms with Crippen molar-refractivity contribution >= 4 is 16.9 Å². The second kappa shape index (κ2) is 9.13. The Hall–Kier alpha value is -2.21. The van der Waals surface area contributed by atoms with Crippen LogP contribution >= 0.6 is 0 Å². The van der Waals surface area contributed by atoms with Gasteiger partial charge in [-0.25, -0.2) is 9.18 Å². The van der Waals surface area contributed by atoms with E-state index in [0.29, 0.717) is 13.0 Å². The molecule has 2 aromatic carbocycles.